The van der Waals surface area contributed by atoms with Crippen LogP contribution in [-0.4, -0.2) is 102 Å². The number of anilines is 2. The van der Waals surface area contributed by atoms with E-state index in [1.54, 1.807) is 41.4 Å². The molecule has 2 fully saturated rings. The lowest BCUT2D eigenvalue weighted by molar-refractivity contribution is -0.136. The molecule has 54 heavy (non-hydrogen) atoms. The van der Waals surface area contributed by atoms with Crippen molar-refractivity contribution in [2.45, 2.75) is 57.7 Å². The van der Waals surface area contributed by atoms with Crippen molar-refractivity contribution in [3.8, 4) is 11.6 Å². The van der Waals surface area contributed by atoms with Gasteiger partial charge in [-0.25, -0.2) is 14.6 Å². The zero-order valence-corrected chi connectivity index (χ0v) is 30.6. The molecule has 1 aromatic heterocycles. The van der Waals surface area contributed by atoms with Gasteiger partial charge in [-0.2, -0.15) is 0 Å². The van der Waals surface area contributed by atoms with Gasteiger partial charge in [-0.05, 0) is 56.7 Å². The fourth-order valence-electron chi connectivity index (χ4n) is 6.60. The maximum absolute atomic E-state index is 13.2. The first-order valence-corrected chi connectivity index (χ1v) is 18.1. The average Bonchev–Trinajstić information content (AvgIpc) is 3.40. The minimum Gasteiger partial charge on any atom is -0.493 e. The summed E-state index contributed by atoms with van der Waals surface area (Å²) in [5.41, 5.74) is 2.24. The van der Waals surface area contributed by atoms with Gasteiger partial charge < -0.3 is 29.3 Å². The Labute approximate surface area is 317 Å². The normalized spacial score (nSPS) is 19.7. The molecular formula is C38H40ClN7O8. The quantitative estimate of drug-likeness (QED) is 0.137. The van der Waals surface area contributed by atoms with Crippen LogP contribution in [0, 0.1) is 6.57 Å². The number of carbonyl (C=O) groups is 5. The number of hydrogen-bond acceptors (Lipinski definition) is 10. The van der Waals surface area contributed by atoms with Crippen molar-refractivity contribution in [1.82, 2.24) is 20.1 Å². The number of carbonyl (C=O) groups excluding carboxylic acids is 5. The number of ether oxygens (including phenoxy) is 3. The molecule has 3 aliphatic heterocycles. The number of nitrogens with one attached hydrogen (secondary N) is 2. The number of aromatic nitrogens is 1. The molecule has 4 heterocycles. The molecule has 2 N–H and O–H groups in total. The third-order valence-electron chi connectivity index (χ3n) is 9.41. The Hall–Kier alpha value is -5.72. The maximum atomic E-state index is 13.2. The van der Waals surface area contributed by atoms with Gasteiger partial charge >= 0.3 is 6.03 Å². The fraction of sp³-hybridized carbons (Fsp3) is 0.395. The first-order valence-electron chi connectivity index (χ1n) is 17.7. The van der Waals surface area contributed by atoms with E-state index in [1.165, 1.54) is 12.1 Å². The number of rotatable bonds is 13. The van der Waals surface area contributed by atoms with Crippen LogP contribution in [0.15, 0.2) is 54.7 Å². The van der Waals surface area contributed by atoms with Gasteiger partial charge in [-0.1, -0.05) is 17.7 Å². The molecule has 3 aromatic rings. The molecule has 15 nitrogen and oxygen atoms in total. The van der Waals surface area contributed by atoms with Crippen LogP contribution in [0.3, 0.4) is 0 Å². The summed E-state index contributed by atoms with van der Waals surface area (Å²) in [5.74, 6) is -1.38. The van der Waals surface area contributed by atoms with E-state index >= 15 is 0 Å². The smallest absolute Gasteiger partial charge is 0.322 e. The summed E-state index contributed by atoms with van der Waals surface area (Å²) < 4.78 is 17.2. The molecule has 1 unspecified atom stereocenters. The number of benzene rings is 2. The Bertz CT molecular complexity index is 1970. The van der Waals surface area contributed by atoms with E-state index in [-0.39, 0.29) is 42.1 Å². The Balaban J connectivity index is 0.852. The summed E-state index contributed by atoms with van der Waals surface area (Å²) >= 11 is 6.27. The zero-order chi connectivity index (χ0) is 38.4. The topological polar surface area (TPSA) is 164 Å². The van der Waals surface area contributed by atoms with Gasteiger partial charge in [0.05, 0.1) is 42.8 Å². The van der Waals surface area contributed by atoms with Crippen molar-refractivity contribution in [3.63, 3.8) is 0 Å². The number of fused-ring (bicyclic) bond motifs is 1. The van der Waals surface area contributed by atoms with Crippen LogP contribution in [0.1, 0.15) is 60.2 Å². The highest BCUT2D eigenvalue weighted by Crippen LogP contribution is 2.33. The fourth-order valence-corrected chi connectivity index (χ4v) is 6.82. The van der Waals surface area contributed by atoms with Gasteiger partial charge in [-0.15, -0.1) is 0 Å². The molecule has 0 saturated carbocycles. The van der Waals surface area contributed by atoms with E-state index < -0.39 is 29.7 Å². The Morgan fingerprint density at radius 3 is 2.41 bits per heavy atom. The monoisotopic (exact) mass is 757 g/mol. The summed E-state index contributed by atoms with van der Waals surface area (Å²) in [4.78, 5) is 75.4. The summed E-state index contributed by atoms with van der Waals surface area (Å²) in [5, 5.41) is 5.52. The predicted octanol–water partition coefficient (Wildman–Crippen LogP) is 5.07. The Morgan fingerprint density at radius 2 is 1.70 bits per heavy atom. The highest BCUT2D eigenvalue weighted by Gasteiger charge is 2.44. The van der Waals surface area contributed by atoms with Crippen molar-refractivity contribution in [2.75, 3.05) is 49.7 Å². The SMILES string of the molecule is [C-]#[N+]c1ccc(N2C[C@@H](C)N(C(=O)Nc3ccc(OCCCOCCCOc4ccc5c(c4)C(=O)N(C4CCC(=O)NC4=O)C5=O)nc3)C[C@@H]2C)cc1Cl. The number of imide groups is 2. The van der Waals surface area contributed by atoms with Crippen LogP contribution in [0.4, 0.5) is 21.9 Å². The average molecular weight is 758 g/mol. The van der Waals surface area contributed by atoms with Crippen molar-refractivity contribution < 1.29 is 38.2 Å². The lowest BCUT2D eigenvalue weighted by atomic mass is 10.0. The summed E-state index contributed by atoms with van der Waals surface area (Å²) in [6.45, 7) is 14.0. The standard InChI is InChI=1S/C38H40ClN7O8/c1-23-22-45(24(2)21-44(23)26-7-10-31(40-3)30(39)18-26)38(51)42-25-6-13-34(41-20-25)54-17-5-15-52-14-4-16-53-27-8-9-28-29(19-27)37(50)46(36(28)49)32-11-12-33(47)43-35(32)48/h6-10,13,18-20,23-24,32H,4-5,11-12,14-17,21-22H2,1-2H3,(H,42,51)(H,43,47,48)/t23-,24+,32?/m0/s1. The predicted molar refractivity (Wildman–Crippen MR) is 198 cm³/mol. The van der Waals surface area contributed by atoms with Crippen LogP contribution in [-0.2, 0) is 14.3 Å². The first-order chi connectivity index (χ1) is 26.0. The molecule has 3 atom stereocenters. The molecule has 6 rings (SSSR count). The number of amides is 6. The van der Waals surface area contributed by atoms with Gasteiger partial charge in [0.2, 0.25) is 23.4 Å². The molecular weight excluding hydrogens is 718 g/mol. The van der Waals surface area contributed by atoms with Crippen LogP contribution in [0.25, 0.3) is 4.85 Å². The van der Waals surface area contributed by atoms with E-state index in [0.717, 1.165) is 10.6 Å². The molecule has 0 aliphatic carbocycles. The van der Waals surface area contributed by atoms with E-state index in [9.17, 15) is 24.0 Å². The molecule has 3 aliphatic rings. The van der Waals surface area contributed by atoms with Gasteiger partial charge in [0, 0.05) is 74.4 Å². The number of urea groups is 1. The highest BCUT2D eigenvalue weighted by molar-refractivity contribution is 6.33. The number of halogens is 1. The van der Waals surface area contributed by atoms with E-state index in [0.29, 0.717) is 80.4 Å². The molecule has 16 heteroatoms. The van der Waals surface area contributed by atoms with Gasteiger partial charge in [0.1, 0.15) is 11.8 Å². The van der Waals surface area contributed by atoms with Crippen molar-refractivity contribution in [3.05, 3.63) is 82.3 Å². The number of nitrogens with zero attached hydrogens (tertiary/aromatic N) is 5. The molecule has 0 bridgehead atoms. The third kappa shape index (κ3) is 8.56. The Morgan fingerprint density at radius 1 is 0.944 bits per heavy atom. The summed E-state index contributed by atoms with van der Waals surface area (Å²) in [6, 6.07) is 12.2. The number of piperazine rings is 1. The lowest BCUT2D eigenvalue weighted by Gasteiger charge is -2.45. The summed E-state index contributed by atoms with van der Waals surface area (Å²) in [6.07, 6.45) is 2.92. The second-order valence-electron chi connectivity index (χ2n) is 13.2. The second-order valence-corrected chi connectivity index (χ2v) is 13.6. The van der Waals surface area contributed by atoms with Gasteiger partial charge in [-0.3, -0.25) is 29.4 Å². The molecule has 0 spiro atoms. The van der Waals surface area contributed by atoms with Gasteiger partial charge in [0.15, 0.2) is 0 Å². The second kappa shape index (κ2) is 17.0. The lowest BCUT2D eigenvalue weighted by Crippen LogP contribution is -2.59. The van der Waals surface area contributed by atoms with Crippen LogP contribution < -0.4 is 25.0 Å². The first kappa shape index (κ1) is 38.0. The molecule has 282 valence electrons. The minimum atomic E-state index is -1.02. The number of piperidine rings is 1. The highest BCUT2D eigenvalue weighted by atomic mass is 35.5. The van der Waals surface area contributed by atoms with E-state index in [1.807, 2.05) is 19.9 Å². The van der Waals surface area contributed by atoms with Crippen molar-refractivity contribution in [2.24, 2.45) is 0 Å². The van der Waals surface area contributed by atoms with Crippen LogP contribution in [0.5, 0.6) is 11.6 Å². The largest absolute Gasteiger partial charge is 0.493 e. The Kier molecular flexibility index (Phi) is 11.9. The minimum absolute atomic E-state index is 0.0357. The van der Waals surface area contributed by atoms with Crippen molar-refractivity contribution >= 4 is 58.3 Å². The molecule has 0 radical (unpaired) electrons. The van der Waals surface area contributed by atoms with Crippen molar-refractivity contribution in [1.29, 1.82) is 0 Å². The number of pyridine rings is 1. The number of hydrogen-bond donors (Lipinski definition) is 2. The van der Waals surface area contributed by atoms with Crippen LogP contribution in [0.2, 0.25) is 5.02 Å². The maximum Gasteiger partial charge on any atom is 0.322 e. The molecule has 6 amide bonds. The van der Waals surface area contributed by atoms with Crippen LogP contribution >= 0.6 is 11.6 Å². The molecule has 2 saturated heterocycles. The van der Waals surface area contributed by atoms with E-state index in [2.05, 4.69) is 25.4 Å². The molecule has 2 aromatic carbocycles. The van der Waals surface area contributed by atoms with E-state index in [4.69, 9.17) is 32.4 Å². The zero-order valence-electron chi connectivity index (χ0n) is 29.9. The third-order valence-corrected chi connectivity index (χ3v) is 9.72. The van der Waals surface area contributed by atoms with Gasteiger partial charge in [0.25, 0.3) is 11.8 Å². The summed E-state index contributed by atoms with van der Waals surface area (Å²) in [7, 11) is 0.